The molecule has 0 amide bonds. The third kappa shape index (κ3) is 2.91. The molecule has 1 rings (SSSR count). The van der Waals surface area contributed by atoms with Crippen molar-refractivity contribution < 1.29 is 28.0 Å². The molecule has 0 saturated carbocycles. The molecule has 1 aliphatic rings. The van der Waals surface area contributed by atoms with Crippen molar-refractivity contribution in [1.29, 1.82) is 0 Å². The van der Waals surface area contributed by atoms with Crippen molar-refractivity contribution in [3.63, 3.8) is 0 Å². The summed E-state index contributed by atoms with van der Waals surface area (Å²) < 4.78 is 32.7. The van der Waals surface area contributed by atoms with Gasteiger partial charge in [-0.1, -0.05) is 9.05 Å². The van der Waals surface area contributed by atoms with Gasteiger partial charge < -0.3 is 5.48 Å². The van der Waals surface area contributed by atoms with Gasteiger partial charge in [0.15, 0.2) is 4.31 Å². The van der Waals surface area contributed by atoms with Gasteiger partial charge in [-0.25, -0.2) is 0 Å². The highest BCUT2D eigenvalue weighted by atomic mass is 31.2. The fraction of sp³-hybridized carbons (Fsp3) is 1.00. The molecular weight excluding hydrogens is 170 g/mol. The van der Waals surface area contributed by atoms with Gasteiger partial charge in [0.25, 0.3) is 6.79 Å². The Hall–Kier alpha value is 0.0400. The second kappa shape index (κ2) is 3.95. The van der Waals surface area contributed by atoms with E-state index in [2.05, 4.69) is 13.4 Å². The quantitative estimate of drug-likeness (QED) is 0.498. The molecule has 0 spiro atoms. The molecule has 0 aliphatic carbocycles. The zero-order valence-corrected chi connectivity index (χ0v) is 5.93. The van der Waals surface area contributed by atoms with Crippen molar-refractivity contribution in [2.75, 3.05) is 6.79 Å². The molecule has 8 heteroatoms. The Morgan fingerprint density at radius 1 is 1.11 bits per heavy atom. The molecule has 0 radical (unpaired) electrons. The number of rotatable bonds is 0. The molecule has 0 aromatic heterocycles. The van der Waals surface area contributed by atoms with E-state index in [0.717, 1.165) is 0 Å². The summed E-state index contributed by atoms with van der Waals surface area (Å²) in [6.45, 7) is -0.218. The monoisotopic (exact) mass is 174 g/mol. The van der Waals surface area contributed by atoms with E-state index in [0.29, 0.717) is 0 Å². The van der Waals surface area contributed by atoms with Gasteiger partial charge in [-0.15, -0.1) is 0 Å². The van der Waals surface area contributed by atoms with Crippen LogP contribution in [0.25, 0.3) is 0 Å². The molecule has 52 valence electrons. The first-order chi connectivity index (χ1) is 3.79. The average molecular weight is 174 g/mol. The van der Waals surface area contributed by atoms with Crippen LogP contribution in [0.2, 0.25) is 0 Å². The minimum atomic E-state index is -2.19. The first-order valence-corrected chi connectivity index (χ1v) is 3.86. The maximum atomic E-state index is 10.1. The van der Waals surface area contributed by atoms with Gasteiger partial charge in [-0.2, -0.15) is 0 Å². The summed E-state index contributed by atoms with van der Waals surface area (Å²) in [7, 11) is -4.38. The molecule has 1 saturated heterocycles. The van der Waals surface area contributed by atoms with E-state index >= 15 is 0 Å². The van der Waals surface area contributed by atoms with Crippen molar-refractivity contribution in [3.8, 4) is 0 Å². The molecule has 9 heavy (non-hydrogen) atoms. The van der Waals surface area contributed by atoms with Crippen molar-refractivity contribution in [2.24, 2.45) is 0 Å². The third-order valence-corrected chi connectivity index (χ3v) is 2.15. The average Bonchev–Trinajstić information content (AvgIpc) is 1.64. The first kappa shape index (κ1) is 9.04. The largest absolute Gasteiger partial charge is 0.750 e. The molecule has 6 nitrogen and oxygen atoms in total. The van der Waals surface area contributed by atoms with Crippen LogP contribution < -0.4 is 0 Å². The maximum Gasteiger partial charge on any atom is 0.750 e. The number of hydrogen-bond acceptors (Lipinski definition) is 5. The van der Waals surface area contributed by atoms with Crippen molar-refractivity contribution in [3.05, 3.63) is 0 Å². The minimum absolute atomic E-state index is 0. The van der Waals surface area contributed by atoms with Crippen LogP contribution >= 0.6 is 16.5 Å². The highest BCUT2D eigenvalue weighted by molar-refractivity contribution is 7.48. The van der Waals surface area contributed by atoms with E-state index < -0.39 is 16.5 Å². The molecular formula is CH4O6P2+2. The van der Waals surface area contributed by atoms with Crippen molar-refractivity contribution in [2.45, 2.75) is 0 Å². The fourth-order valence-corrected chi connectivity index (χ4v) is 1.38. The highest BCUT2D eigenvalue weighted by Crippen LogP contribution is 2.44. The zero-order chi connectivity index (χ0) is 5.98. The normalized spacial score (nSPS) is 27.1. The van der Waals surface area contributed by atoms with E-state index in [1.54, 1.807) is 0 Å². The molecule has 2 N–H and O–H groups in total. The lowest BCUT2D eigenvalue weighted by atomic mass is 11.6. The van der Waals surface area contributed by atoms with Gasteiger partial charge in [0, 0.05) is 9.13 Å². The second-order valence-corrected chi connectivity index (χ2v) is 2.97. The summed E-state index contributed by atoms with van der Waals surface area (Å²) in [6, 6.07) is 0. The first-order valence-electron chi connectivity index (χ1n) is 1.67. The van der Waals surface area contributed by atoms with E-state index in [1.165, 1.54) is 0 Å². The predicted molar refractivity (Wildman–Crippen MR) is 26.9 cm³/mol. The van der Waals surface area contributed by atoms with Crippen molar-refractivity contribution >= 4 is 16.5 Å². The van der Waals surface area contributed by atoms with E-state index in [9.17, 15) is 9.13 Å². The van der Waals surface area contributed by atoms with Crippen LogP contribution in [-0.2, 0) is 22.5 Å². The van der Waals surface area contributed by atoms with Gasteiger partial charge in [-0.3, -0.25) is 0 Å². The summed E-state index contributed by atoms with van der Waals surface area (Å²) in [5.74, 6) is 0. The Morgan fingerprint density at radius 2 is 1.56 bits per heavy atom. The van der Waals surface area contributed by atoms with Crippen LogP contribution in [0, 0.1) is 0 Å². The van der Waals surface area contributed by atoms with E-state index in [1.807, 2.05) is 0 Å². The standard InChI is InChI=1S/CH2O5P2.H2O/c2-7-4-1-5-8(3)6-7;/h1H2;1H2/q+2;. The van der Waals surface area contributed by atoms with Gasteiger partial charge in [0.1, 0.15) is 0 Å². The summed E-state index contributed by atoms with van der Waals surface area (Å²) >= 11 is 0. The lowest BCUT2D eigenvalue weighted by Crippen LogP contribution is -1.93. The second-order valence-electron chi connectivity index (χ2n) is 0.905. The van der Waals surface area contributed by atoms with Gasteiger partial charge in [0.05, 0.1) is 0 Å². The molecule has 2 atom stereocenters. The van der Waals surface area contributed by atoms with Crippen LogP contribution in [0.4, 0.5) is 0 Å². The van der Waals surface area contributed by atoms with Crippen LogP contribution in [0.5, 0.6) is 0 Å². The minimum Gasteiger partial charge on any atom is -0.412 e. The molecule has 1 aliphatic heterocycles. The smallest absolute Gasteiger partial charge is 0.412 e. The maximum absolute atomic E-state index is 10.1. The van der Waals surface area contributed by atoms with Crippen LogP contribution in [0.15, 0.2) is 0 Å². The van der Waals surface area contributed by atoms with Crippen molar-refractivity contribution in [1.82, 2.24) is 0 Å². The summed E-state index contributed by atoms with van der Waals surface area (Å²) in [6.07, 6.45) is 0. The Balaban J connectivity index is 0.000000640. The molecule has 1 fully saturated rings. The predicted octanol–water partition coefficient (Wildman–Crippen LogP) is 0.497. The zero-order valence-electron chi connectivity index (χ0n) is 4.14. The summed E-state index contributed by atoms with van der Waals surface area (Å²) in [4.78, 5) is 0. The molecule has 1 heterocycles. The van der Waals surface area contributed by atoms with Gasteiger partial charge in [-0.05, 0) is 0 Å². The van der Waals surface area contributed by atoms with Gasteiger partial charge in [0.2, 0.25) is 0 Å². The molecule has 0 aromatic carbocycles. The molecule has 0 bridgehead atoms. The highest BCUT2D eigenvalue weighted by Gasteiger charge is 2.46. The van der Waals surface area contributed by atoms with Crippen LogP contribution in [0.1, 0.15) is 0 Å². The summed E-state index contributed by atoms with van der Waals surface area (Å²) in [5.41, 5.74) is 0. The Kier molecular flexibility index (Phi) is 3.97. The Labute approximate surface area is 52.3 Å². The lowest BCUT2D eigenvalue weighted by Gasteiger charge is -1.82. The molecule has 2 unspecified atom stereocenters. The SMILES string of the molecule is O.O=[P+]1OCO[P+](=O)O1. The summed E-state index contributed by atoms with van der Waals surface area (Å²) in [5, 5.41) is 0. The number of hydrogen-bond donors (Lipinski definition) is 0. The van der Waals surface area contributed by atoms with Gasteiger partial charge >= 0.3 is 16.5 Å². The fourth-order valence-electron chi connectivity index (χ4n) is 0.211. The lowest BCUT2D eigenvalue weighted by molar-refractivity contribution is 0.0870. The van der Waals surface area contributed by atoms with E-state index in [4.69, 9.17) is 0 Å². The Morgan fingerprint density at radius 3 is 1.78 bits per heavy atom. The van der Waals surface area contributed by atoms with Crippen LogP contribution in [0.3, 0.4) is 0 Å². The topological polar surface area (TPSA) is 93.3 Å². The van der Waals surface area contributed by atoms with E-state index in [-0.39, 0.29) is 12.3 Å². The van der Waals surface area contributed by atoms with Crippen LogP contribution in [-0.4, -0.2) is 12.3 Å². The Bertz CT molecular complexity index is 117. The molecule has 0 aromatic rings. The third-order valence-electron chi connectivity index (χ3n) is 0.450.